The van der Waals surface area contributed by atoms with Crippen LogP contribution in [0.25, 0.3) is 11.4 Å². The number of hydrogen-bond donors (Lipinski definition) is 1. The van der Waals surface area contributed by atoms with Gasteiger partial charge in [-0.3, -0.25) is 0 Å². The molecule has 0 aliphatic heterocycles. The van der Waals surface area contributed by atoms with Crippen molar-refractivity contribution in [2.45, 2.75) is 25.8 Å². The lowest BCUT2D eigenvalue weighted by Crippen LogP contribution is -2.22. The number of halogens is 1. The lowest BCUT2D eigenvalue weighted by Gasteiger charge is -2.09. The third-order valence-corrected chi connectivity index (χ3v) is 3.12. The molecule has 0 bridgehead atoms. The number of methoxy groups -OCH3 is 1. The highest BCUT2D eigenvalue weighted by Gasteiger charge is 2.09. The van der Waals surface area contributed by atoms with Crippen molar-refractivity contribution in [3.05, 3.63) is 42.0 Å². The minimum Gasteiger partial charge on any atom is -0.494 e. The number of benzene rings is 1. The number of nitrogens with two attached hydrogens (primary N) is 1. The molecular formula is C15H18FN3O. The highest BCUT2D eigenvalue weighted by atomic mass is 19.1. The fourth-order valence-corrected chi connectivity index (χ4v) is 1.86. The van der Waals surface area contributed by atoms with Crippen molar-refractivity contribution in [1.29, 1.82) is 0 Å². The molecular weight excluding hydrogens is 257 g/mol. The lowest BCUT2D eigenvalue weighted by molar-refractivity contribution is 0.386. The van der Waals surface area contributed by atoms with Crippen LogP contribution < -0.4 is 10.5 Å². The van der Waals surface area contributed by atoms with Gasteiger partial charge in [0.05, 0.1) is 7.11 Å². The van der Waals surface area contributed by atoms with Crippen LogP contribution >= 0.6 is 0 Å². The molecule has 0 aliphatic carbocycles. The van der Waals surface area contributed by atoms with Crippen molar-refractivity contribution >= 4 is 0 Å². The third-order valence-electron chi connectivity index (χ3n) is 3.12. The maximum absolute atomic E-state index is 13.4. The second-order valence-corrected chi connectivity index (χ2v) is 4.59. The number of nitrogens with zero attached hydrogens (tertiary/aromatic N) is 2. The molecule has 1 aromatic heterocycles. The smallest absolute Gasteiger partial charge is 0.165 e. The fraction of sp³-hybridized carbons (Fsp3) is 0.333. The Kier molecular flexibility index (Phi) is 4.63. The zero-order valence-corrected chi connectivity index (χ0v) is 11.6. The zero-order chi connectivity index (χ0) is 14.5. The molecule has 4 nitrogen and oxygen atoms in total. The van der Waals surface area contributed by atoms with Gasteiger partial charge in [-0.25, -0.2) is 14.4 Å². The second-order valence-electron chi connectivity index (χ2n) is 4.59. The van der Waals surface area contributed by atoms with Gasteiger partial charge < -0.3 is 10.5 Å². The molecule has 0 saturated carbocycles. The first-order valence-electron chi connectivity index (χ1n) is 6.55. The first kappa shape index (κ1) is 14.4. The van der Waals surface area contributed by atoms with E-state index in [4.69, 9.17) is 10.5 Å². The van der Waals surface area contributed by atoms with Gasteiger partial charge in [0.1, 0.15) is 0 Å². The molecule has 0 radical (unpaired) electrons. The number of rotatable bonds is 5. The predicted molar refractivity (Wildman–Crippen MR) is 75.9 cm³/mol. The third kappa shape index (κ3) is 3.30. The Morgan fingerprint density at radius 2 is 2.15 bits per heavy atom. The van der Waals surface area contributed by atoms with Crippen LogP contribution in [0.2, 0.25) is 0 Å². The summed E-state index contributed by atoms with van der Waals surface area (Å²) in [6.45, 7) is 2.04. The van der Waals surface area contributed by atoms with E-state index in [-0.39, 0.29) is 11.8 Å². The highest BCUT2D eigenvalue weighted by Crippen LogP contribution is 2.24. The van der Waals surface area contributed by atoms with E-state index in [1.54, 1.807) is 18.3 Å². The van der Waals surface area contributed by atoms with Crippen molar-refractivity contribution in [3.63, 3.8) is 0 Å². The van der Waals surface area contributed by atoms with Gasteiger partial charge in [-0.05, 0) is 30.7 Å². The van der Waals surface area contributed by atoms with Gasteiger partial charge in [-0.2, -0.15) is 0 Å². The predicted octanol–water partition coefficient (Wildman–Crippen LogP) is 2.57. The first-order valence-corrected chi connectivity index (χ1v) is 6.55. The standard InChI is InChI=1S/C15H18FN3O/c1-3-11(17)9-12-6-7-18-15(19-12)10-4-5-13(16)14(8-10)20-2/h4-8,11H,3,9,17H2,1-2H3. The monoisotopic (exact) mass is 275 g/mol. The summed E-state index contributed by atoms with van der Waals surface area (Å²) in [5.74, 6) is 0.325. The van der Waals surface area contributed by atoms with Gasteiger partial charge in [0, 0.05) is 29.9 Å². The van der Waals surface area contributed by atoms with Crippen LogP contribution in [0.1, 0.15) is 19.0 Å². The summed E-state index contributed by atoms with van der Waals surface area (Å²) in [5.41, 5.74) is 7.53. The number of hydrogen-bond acceptors (Lipinski definition) is 4. The van der Waals surface area contributed by atoms with E-state index in [1.165, 1.54) is 13.2 Å². The maximum Gasteiger partial charge on any atom is 0.165 e. The second kappa shape index (κ2) is 6.43. The molecule has 1 aromatic carbocycles. The largest absolute Gasteiger partial charge is 0.494 e. The van der Waals surface area contributed by atoms with E-state index in [1.807, 2.05) is 13.0 Å². The molecule has 0 spiro atoms. The quantitative estimate of drug-likeness (QED) is 0.911. The molecule has 0 saturated heterocycles. The van der Waals surface area contributed by atoms with Crippen LogP contribution in [-0.2, 0) is 6.42 Å². The zero-order valence-electron chi connectivity index (χ0n) is 11.6. The van der Waals surface area contributed by atoms with Crippen molar-refractivity contribution in [3.8, 4) is 17.1 Å². The maximum atomic E-state index is 13.4. The van der Waals surface area contributed by atoms with Crippen molar-refractivity contribution in [2.75, 3.05) is 7.11 Å². The number of ether oxygens (including phenoxy) is 1. The van der Waals surface area contributed by atoms with Gasteiger partial charge in [-0.1, -0.05) is 6.92 Å². The summed E-state index contributed by atoms with van der Waals surface area (Å²) in [4.78, 5) is 8.68. The Labute approximate surface area is 117 Å². The molecule has 0 fully saturated rings. The topological polar surface area (TPSA) is 61.0 Å². The van der Waals surface area contributed by atoms with Crippen molar-refractivity contribution in [1.82, 2.24) is 9.97 Å². The molecule has 5 heteroatoms. The van der Waals surface area contributed by atoms with Crippen LogP contribution in [0.4, 0.5) is 4.39 Å². The van der Waals surface area contributed by atoms with E-state index < -0.39 is 5.82 Å². The molecule has 1 heterocycles. The summed E-state index contributed by atoms with van der Waals surface area (Å²) in [7, 11) is 1.43. The van der Waals surface area contributed by atoms with Gasteiger partial charge in [0.25, 0.3) is 0 Å². The van der Waals surface area contributed by atoms with Gasteiger partial charge in [0.2, 0.25) is 0 Å². The average Bonchev–Trinajstić information content (AvgIpc) is 2.48. The SMILES string of the molecule is CCC(N)Cc1ccnc(-c2ccc(F)c(OC)c2)n1. The van der Waals surface area contributed by atoms with E-state index in [9.17, 15) is 4.39 Å². The Morgan fingerprint density at radius 3 is 2.85 bits per heavy atom. The van der Waals surface area contributed by atoms with Crippen molar-refractivity contribution in [2.24, 2.45) is 5.73 Å². The van der Waals surface area contributed by atoms with E-state index >= 15 is 0 Å². The Morgan fingerprint density at radius 1 is 1.35 bits per heavy atom. The van der Waals surface area contributed by atoms with Crippen LogP contribution in [0.5, 0.6) is 5.75 Å². The molecule has 1 unspecified atom stereocenters. The highest BCUT2D eigenvalue weighted by molar-refractivity contribution is 5.57. The summed E-state index contributed by atoms with van der Waals surface area (Å²) in [6.07, 6.45) is 3.28. The molecule has 2 rings (SSSR count). The van der Waals surface area contributed by atoms with Gasteiger partial charge >= 0.3 is 0 Å². The van der Waals surface area contributed by atoms with E-state index in [0.29, 0.717) is 12.2 Å². The van der Waals surface area contributed by atoms with Crippen LogP contribution in [0.3, 0.4) is 0 Å². The van der Waals surface area contributed by atoms with Crippen LogP contribution in [0.15, 0.2) is 30.5 Å². The van der Waals surface area contributed by atoms with Gasteiger partial charge in [0.15, 0.2) is 17.4 Å². The minimum atomic E-state index is -0.402. The fourth-order valence-electron chi connectivity index (χ4n) is 1.86. The first-order chi connectivity index (χ1) is 9.63. The van der Waals surface area contributed by atoms with Crippen LogP contribution in [-0.4, -0.2) is 23.1 Å². The van der Waals surface area contributed by atoms with Gasteiger partial charge in [-0.15, -0.1) is 0 Å². The Bertz CT molecular complexity index is 589. The minimum absolute atomic E-state index is 0.0838. The Hall–Kier alpha value is -2.01. The molecule has 0 amide bonds. The molecule has 106 valence electrons. The lowest BCUT2D eigenvalue weighted by atomic mass is 10.1. The molecule has 2 N–H and O–H groups in total. The normalized spacial score (nSPS) is 12.2. The van der Waals surface area contributed by atoms with Crippen molar-refractivity contribution < 1.29 is 9.13 Å². The summed E-state index contributed by atoms with van der Waals surface area (Å²) < 4.78 is 18.4. The average molecular weight is 275 g/mol. The molecule has 2 aromatic rings. The number of aromatic nitrogens is 2. The molecule has 1 atom stereocenters. The summed E-state index contributed by atoms with van der Waals surface area (Å²) >= 11 is 0. The van der Waals surface area contributed by atoms with E-state index in [0.717, 1.165) is 17.7 Å². The molecule has 0 aliphatic rings. The summed E-state index contributed by atoms with van der Waals surface area (Å²) in [6, 6.07) is 6.51. The molecule has 20 heavy (non-hydrogen) atoms. The van der Waals surface area contributed by atoms with E-state index in [2.05, 4.69) is 9.97 Å². The van der Waals surface area contributed by atoms with Crippen LogP contribution in [0, 0.1) is 5.82 Å². The summed E-state index contributed by atoms with van der Waals surface area (Å²) in [5, 5.41) is 0. The Balaban J connectivity index is 2.31.